The van der Waals surface area contributed by atoms with Crippen LogP contribution < -0.4 is 0 Å². The van der Waals surface area contributed by atoms with Crippen LogP contribution in [0.15, 0.2) is 59.5 Å². The van der Waals surface area contributed by atoms with E-state index in [-0.39, 0.29) is 29.2 Å². The molecular weight excluding hydrogens is 360 g/mol. The van der Waals surface area contributed by atoms with Crippen molar-refractivity contribution in [3.05, 3.63) is 77.5 Å². The van der Waals surface area contributed by atoms with Crippen molar-refractivity contribution >= 4 is 15.8 Å². The van der Waals surface area contributed by atoms with E-state index >= 15 is 0 Å². The summed E-state index contributed by atoms with van der Waals surface area (Å²) in [5.74, 6) is -1.37. The highest BCUT2D eigenvalue weighted by Crippen LogP contribution is 2.35. The van der Waals surface area contributed by atoms with Gasteiger partial charge in [-0.25, -0.2) is 21.2 Å². The monoisotopic (exact) mass is 373 g/mol. The lowest BCUT2D eigenvalue weighted by Gasteiger charge is -2.14. The third kappa shape index (κ3) is 2.55. The summed E-state index contributed by atoms with van der Waals surface area (Å²) in [5.41, 5.74) is 1.17. The summed E-state index contributed by atoms with van der Waals surface area (Å²) in [6, 6.07) is 11.6. The van der Waals surface area contributed by atoms with Crippen LogP contribution >= 0.6 is 0 Å². The van der Waals surface area contributed by atoms with Gasteiger partial charge in [0.15, 0.2) is 5.78 Å². The van der Waals surface area contributed by atoms with Gasteiger partial charge in [0.2, 0.25) is 0 Å². The normalized spacial score (nSPS) is 13.8. The molecule has 0 fully saturated rings. The molecule has 3 aromatic rings. The van der Waals surface area contributed by atoms with Gasteiger partial charge in [-0.2, -0.15) is 0 Å². The van der Waals surface area contributed by atoms with Gasteiger partial charge in [0, 0.05) is 23.2 Å². The predicted octanol–water partition coefficient (Wildman–Crippen LogP) is 3.80. The minimum absolute atomic E-state index is 0.161. The SMILES string of the molecule is O=C1CCc2c1cc(-c1cccc(F)c1)n2S(=O)(=O)c1cccc(F)c1. The molecule has 0 unspecified atom stereocenters. The molecule has 4 nitrogen and oxygen atoms in total. The van der Waals surface area contributed by atoms with Crippen LogP contribution in [0, 0.1) is 11.6 Å². The number of fused-ring (bicyclic) bond motifs is 1. The Kier molecular flexibility index (Phi) is 3.77. The van der Waals surface area contributed by atoms with Crippen LogP contribution in [-0.4, -0.2) is 18.2 Å². The number of nitrogens with zero attached hydrogens (tertiary/aromatic N) is 1. The highest BCUT2D eigenvalue weighted by atomic mass is 32.2. The Bertz CT molecular complexity index is 1150. The Morgan fingerprint density at radius 1 is 0.885 bits per heavy atom. The molecule has 132 valence electrons. The minimum Gasteiger partial charge on any atom is -0.294 e. The second-order valence-electron chi connectivity index (χ2n) is 6.05. The van der Waals surface area contributed by atoms with Crippen LogP contribution in [0.5, 0.6) is 0 Å². The van der Waals surface area contributed by atoms with E-state index in [0.29, 0.717) is 16.8 Å². The van der Waals surface area contributed by atoms with E-state index in [9.17, 15) is 22.0 Å². The van der Waals surface area contributed by atoms with Crippen LogP contribution in [-0.2, 0) is 16.4 Å². The van der Waals surface area contributed by atoms with Crippen molar-refractivity contribution in [3.63, 3.8) is 0 Å². The Morgan fingerprint density at radius 2 is 1.58 bits per heavy atom. The summed E-state index contributed by atoms with van der Waals surface area (Å²) in [5, 5.41) is 0. The van der Waals surface area contributed by atoms with E-state index in [1.54, 1.807) is 6.07 Å². The molecule has 0 spiro atoms. The largest absolute Gasteiger partial charge is 0.294 e. The molecule has 0 aliphatic heterocycles. The van der Waals surface area contributed by atoms with E-state index in [2.05, 4.69) is 0 Å². The first kappa shape index (κ1) is 16.7. The number of benzene rings is 2. The zero-order valence-corrected chi connectivity index (χ0v) is 14.3. The molecule has 26 heavy (non-hydrogen) atoms. The fourth-order valence-electron chi connectivity index (χ4n) is 3.23. The summed E-state index contributed by atoms with van der Waals surface area (Å²) < 4.78 is 54.6. The fraction of sp³-hybridized carbons (Fsp3) is 0.105. The number of halogens is 2. The number of hydrogen-bond donors (Lipinski definition) is 0. The van der Waals surface area contributed by atoms with Crippen LogP contribution in [0.25, 0.3) is 11.3 Å². The number of hydrogen-bond acceptors (Lipinski definition) is 3. The standard InChI is InChI=1S/C19H13F2NO3S/c20-13-4-1-3-12(9-13)18-11-16-17(7-8-19(16)23)22(18)26(24,25)15-6-2-5-14(21)10-15/h1-6,9-11H,7-8H2. The van der Waals surface area contributed by atoms with Crippen molar-refractivity contribution in [2.75, 3.05) is 0 Å². The molecule has 0 bridgehead atoms. The molecular formula is C19H13F2NO3S. The maximum Gasteiger partial charge on any atom is 0.268 e. The lowest BCUT2D eigenvalue weighted by molar-refractivity contribution is 0.0994. The summed E-state index contributed by atoms with van der Waals surface area (Å²) in [7, 11) is -4.16. The number of aromatic nitrogens is 1. The molecule has 0 N–H and O–H groups in total. The van der Waals surface area contributed by atoms with Crippen molar-refractivity contribution in [1.82, 2.24) is 3.97 Å². The summed E-state index contributed by atoms with van der Waals surface area (Å²) in [4.78, 5) is 11.9. The first-order chi connectivity index (χ1) is 12.4. The van der Waals surface area contributed by atoms with Gasteiger partial charge < -0.3 is 0 Å². The highest BCUT2D eigenvalue weighted by Gasteiger charge is 2.32. The third-order valence-corrected chi connectivity index (χ3v) is 6.15. The quantitative estimate of drug-likeness (QED) is 0.702. The van der Waals surface area contributed by atoms with Gasteiger partial charge in [0.05, 0.1) is 10.6 Å². The van der Waals surface area contributed by atoms with Crippen molar-refractivity contribution in [3.8, 4) is 11.3 Å². The minimum atomic E-state index is -4.16. The number of carbonyl (C=O) groups is 1. The Labute approximate surface area is 148 Å². The molecule has 0 amide bonds. The molecule has 1 aliphatic rings. The Balaban J connectivity index is 2.01. The maximum atomic E-state index is 13.7. The topological polar surface area (TPSA) is 56.1 Å². The number of ketones is 1. The first-order valence-corrected chi connectivity index (χ1v) is 9.37. The van der Waals surface area contributed by atoms with E-state index in [0.717, 1.165) is 16.1 Å². The van der Waals surface area contributed by atoms with Gasteiger partial charge in [-0.1, -0.05) is 18.2 Å². The second-order valence-corrected chi connectivity index (χ2v) is 7.84. The third-order valence-electron chi connectivity index (χ3n) is 4.40. The molecule has 1 aliphatic carbocycles. The van der Waals surface area contributed by atoms with Gasteiger partial charge in [-0.3, -0.25) is 4.79 Å². The van der Waals surface area contributed by atoms with E-state index in [1.165, 1.54) is 36.4 Å². The van der Waals surface area contributed by atoms with Gasteiger partial charge in [-0.15, -0.1) is 0 Å². The van der Waals surface area contributed by atoms with Crippen LogP contribution in [0.1, 0.15) is 22.5 Å². The average Bonchev–Trinajstić information content (AvgIpc) is 3.15. The van der Waals surface area contributed by atoms with Gasteiger partial charge in [0.25, 0.3) is 10.0 Å². The number of carbonyl (C=O) groups excluding carboxylic acids is 1. The fourth-order valence-corrected chi connectivity index (χ4v) is 4.85. The summed E-state index contributed by atoms with van der Waals surface area (Å²) in [6.45, 7) is 0. The lowest BCUT2D eigenvalue weighted by atomic mass is 10.1. The Morgan fingerprint density at radius 3 is 2.27 bits per heavy atom. The molecule has 0 atom stereocenters. The van der Waals surface area contributed by atoms with Gasteiger partial charge >= 0.3 is 0 Å². The number of rotatable bonds is 3. The highest BCUT2D eigenvalue weighted by molar-refractivity contribution is 7.90. The zero-order chi connectivity index (χ0) is 18.5. The molecule has 2 aromatic carbocycles. The Hall–Kier alpha value is -2.80. The van der Waals surface area contributed by atoms with Gasteiger partial charge in [0.1, 0.15) is 11.6 Å². The van der Waals surface area contributed by atoms with Crippen LogP contribution in [0.4, 0.5) is 8.78 Å². The molecule has 4 rings (SSSR count). The predicted molar refractivity (Wildman–Crippen MR) is 91.5 cm³/mol. The number of Topliss-reactive ketones (excluding diaryl/α,β-unsaturated/α-hetero) is 1. The van der Waals surface area contributed by atoms with Crippen LogP contribution in [0.3, 0.4) is 0 Å². The van der Waals surface area contributed by atoms with Crippen molar-refractivity contribution in [2.45, 2.75) is 17.7 Å². The lowest BCUT2D eigenvalue weighted by Crippen LogP contribution is -2.17. The van der Waals surface area contributed by atoms with Crippen molar-refractivity contribution < 1.29 is 22.0 Å². The van der Waals surface area contributed by atoms with Gasteiger partial charge in [-0.05, 0) is 42.8 Å². The van der Waals surface area contributed by atoms with E-state index < -0.39 is 21.7 Å². The van der Waals surface area contributed by atoms with Crippen molar-refractivity contribution in [1.29, 1.82) is 0 Å². The van der Waals surface area contributed by atoms with Crippen LogP contribution in [0.2, 0.25) is 0 Å². The van der Waals surface area contributed by atoms with E-state index in [4.69, 9.17) is 0 Å². The molecule has 0 radical (unpaired) electrons. The van der Waals surface area contributed by atoms with Crippen molar-refractivity contribution in [2.24, 2.45) is 0 Å². The summed E-state index contributed by atoms with van der Waals surface area (Å²) >= 11 is 0. The molecule has 0 saturated carbocycles. The smallest absolute Gasteiger partial charge is 0.268 e. The van der Waals surface area contributed by atoms with E-state index in [1.807, 2.05) is 0 Å². The zero-order valence-electron chi connectivity index (χ0n) is 13.4. The molecule has 1 aromatic heterocycles. The molecule has 1 heterocycles. The maximum absolute atomic E-state index is 13.7. The molecule has 0 saturated heterocycles. The second kappa shape index (κ2) is 5.88. The molecule has 7 heteroatoms. The average molecular weight is 373 g/mol. The first-order valence-electron chi connectivity index (χ1n) is 7.93. The summed E-state index contributed by atoms with van der Waals surface area (Å²) in [6.07, 6.45) is 0.477.